The Morgan fingerprint density at radius 2 is 2.05 bits per heavy atom. The Hall–Kier alpha value is -1.57. The van der Waals surface area contributed by atoms with E-state index in [1.54, 1.807) is 20.8 Å². The Morgan fingerprint density at radius 1 is 1.45 bits per heavy atom. The number of alkyl halides is 1. The van der Waals surface area contributed by atoms with Gasteiger partial charge in [0, 0.05) is 6.08 Å². The highest BCUT2D eigenvalue weighted by molar-refractivity contribution is 5.76. The predicted octanol–water partition coefficient (Wildman–Crippen LogP) is 2.65. The molecule has 0 fully saturated rings. The maximum absolute atomic E-state index is 13.6. The largest absolute Gasteiger partial charge is 0.465 e. The van der Waals surface area contributed by atoms with E-state index < -0.39 is 41.8 Å². The first-order valence-corrected chi connectivity index (χ1v) is 6.08. The van der Waals surface area contributed by atoms with E-state index in [0.717, 1.165) is 0 Å². The van der Waals surface area contributed by atoms with Crippen LogP contribution in [0.4, 0.5) is 17.6 Å². The van der Waals surface area contributed by atoms with E-state index in [0.29, 0.717) is 0 Å². The quantitative estimate of drug-likeness (QED) is 0.481. The van der Waals surface area contributed by atoms with Crippen LogP contribution < -0.4 is 5.43 Å². The molecule has 2 unspecified atom stereocenters. The fourth-order valence-corrected chi connectivity index (χ4v) is 1.57. The van der Waals surface area contributed by atoms with Gasteiger partial charge in [-0.15, -0.1) is 0 Å². The van der Waals surface area contributed by atoms with E-state index in [1.165, 1.54) is 0 Å². The average Bonchev–Trinajstić information content (AvgIpc) is 2.36. The maximum Gasteiger partial charge on any atom is 0.325 e. The lowest BCUT2D eigenvalue weighted by molar-refractivity contribution is -0.149. The molecule has 1 rings (SSSR count). The van der Waals surface area contributed by atoms with Crippen molar-refractivity contribution in [3.8, 4) is 0 Å². The van der Waals surface area contributed by atoms with Gasteiger partial charge in [-0.1, -0.05) is 13.8 Å². The van der Waals surface area contributed by atoms with Gasteiger partial charge in [-0.3, -0.25) is 4.79 Å². The van der Waals surface area contributed by atoms with Crippen molar-refractivity contribution < 1.29 is 27.1 Å². The Labute approximate surface area is 114 Å². The van der Waals surface area contributed by atoms with Crippen LogP contribution in [0.1, 0.15) is 20.8 Å². The molecule has 1 heterocycles. The number of hydrazine groups is 1. The summed E-state index contributed by atoms with van der Waals surface area (Å²) in [6.07, 6.45) is -2.43. The fourth-order valence-electron chi connectivity index (χ4n) is 1.57. The highest BCUT2D eigenvalue weighted by atomic mass is 19.2. The first kappa shape index (κ1) is 16.5. The number of halogens is 4. The molecule has 4 nitrogen and oxygen atoms in total. The lowest BCUT2D eigenvalue weighted by atomic mass is 10.1. The van der Waals surface area contributed by atoms with Gasteiger partial charge in [0.2, 0.25) is 12.2 Å². The molecule has 0 amide bonds. The standard InChI is InChI=1S/C12H16F4N2O2/c1-4-20-12(19)9(6(2)3)17-18-10(15)7(13)5-8(14)11(18)16/h5-6,9-10,17H,4H2,1-3H3. The van der Waals surface area contributed by atoms with Gasteiger partial charge in [0.05, 0.1) is 6.61 Å². The summed E-state index contributed by atoms with van der Waals surface area (Å²) in [5.74, 6) is -5.86. The SMILES string of the molecule is CCOC(=O)C(NN1C(F)=C(F)C=C(F)C1F)C(C)C. The molecule has 0 aliphatic carbocycles. The molecule has 1 N–H and O–H groups in total. The molecule has 0 aromatic carbocycles. The van der Waals surface area contributed by atoms with Crippen molar-refractivity contribution in [3.05, 3.63) is 23.7 Å². The number of nitrogens with zero attached hydrogens (tertiary/aromatic N) is 1. The van der Waals surface area contributed by atoms with Crippen molar-refractivity contribution in [1.82, 2.24) is 10.4 Å². The zero-order valence-corrected chi connectivity index (χ0v) is 11.3. The van der Waals surface area contributed by atoms with Crippen LogP contribution in [0, 0.1) is 5.92 Å². The van der Waals surface area contributed by atoms with Gasteiger partial charge in [-0.25, -0.2) is 23.6 Å². The summed E-state index contributed by atoms with van der Waals surface area (Å²) in [6.45, 7) is 4.83. The second-order valence-electron chi connectivity index (χ2n) is 4.48. The molecule has 0 spiro atoms. The van der Waals surface area contributed by atoms with E-state index in [4.69, 9.17) is 4.74 Å². The minimum atomic E-state index is -2.55. The number of allylic oxidation sites excluding steroid dienone is 2. The Balaban J connectivity index is 2.93. The molecule has 1 aliphatic rings. The average molecular weight is 296 g/mol. The highest BCUT2D eigenvalue weighted by Gasteiger charge is 2.36. The summed E-state index contributed by atoms with van der Waals surface area (Å²) in [5.41, 5.74) is 2.13. The minimum Gasteiger partial charge on any atom is -0.465 e. The van der Waals surface area contributed by atoms with Crippen molar-refractivity contribution in [3.63, 3.8) is 0 Å². The first-order valence-electron chi connectivity index (χ1n) is 6.08. The second-order valence-corrected chi connectivity index (χ2v) is 4.48. The Kier molecular flexibility index (Phi) is 5.55. The van der Waals surface area contributed by atoms with Gasteiger partial charge in [0.1, 0.15) is 6.04 Å². The van der Waals surface area contributed by atoms with E-state index in [2.05, 4.69) is 5.43 Å². The van der Waals surface area contributed by atoms with Crippen LogP contribution in [0.2, 0.25) is 0 Å². The Morgan fingerprint density at radius 3 is 2.55 bits per heavy atom. The topological polar surface area (TPSA) is 41.6 Å². The fraction of sp³-hybridized carbons (Fsp3) is 0.583. The Bertz CT molecular complexity index is 437. The van der Waals surface area contributed by atoms with E-state index in [1.807, 2.05) is 0 Å². The van der Waals surface area contributed by atoms with Crippen LogP contribution in [-0.2, 0) is 9.53 Å². The van der Waals surface area contributed by atoms with Crippen molar-refractivity contribution >= 4 is 5.97 Å². The van der Waals surface area contributed by atoms with Crippen LogP contribution in [0.15, 0.2) is 23.7 Å². The summed E-state index contributed by atoms with van der Waals surface area (Å²) in [6, 6.07) is -1.14. The number of nitrogens with one attached hydrogen (secondary N) is 1. The third kappa shape index (κ3) is 3.50. The summed E-state index contributed by atoms with van der Waals surface area (Å²) < 4.78 is 58.0. The van der Waals surface area contributed by atoms with Crippen molar-refractivity contribution in [2.24, 2.45) is 5.92 Å². The van der Waals surface area contributed by atoms with Gasteiger partial charge in [0.25, 0.3) is 0 Å². The van der Waals surface area contributed by atoms with Gasteiger partial charge in [0.15, 0.2) is 11.7 Å². The van der Waals surface area contributed by atoms with Crippen LogP contribution in [0.25, 0.3) is 0 Å². The molecule has 0 saturated carbocycles. The molecule has 0 radical (unpaired) electrons. The third-order valence-electron chi connectivity index (χ3n) is 2.61. The zero-order valence-electron chi connectivity index (χ0n) is 11.3. The van der Waals surface area contributed by atoms with Crippen molar-refractivity contribution in [2.75, 3.05) is 6.61 Å². The van der Waals surface area contributed by atoms with Gasteiger partial charge < -0.3 is 4.74 Å². The van der Waals surface area contributed by atoms with Crippen molar-refractivity contribution in [1.29, 1.82) is 0 Å². The number of ether oxygens (including phenoxy) is 1. The summed E-state index contributed by atoms with van der Waals surface area (Å²) in [5, 5.41) is 0.00620. The number of carbonyl (C=O) groups excluding carboxylic acids is 1. The van der Waals surface area contributed by atoms with Gasteiger partial charge in [-0.05, 0) is 12.8 Å². The molecule has 114 valence electrons. The third-order valence-corrected chi connectivity index (χ3v) is 2.61. The molecular formula is C12H16F4N2O2. The van der Waals surface area contributed by atoms with Crippen LogP contribution in [0.5, 0.6) is 0 Å². The van der Waals surface area contributed by atoms with E-state index in [9.17, 15) is 22.4 Å². The van der Waals surface area contributed by atoms with E-state index in [-0.39, 0.29) is 17.7 Å². The molecule has 0 bridgehead atoms. The number of carbonyl (C=O) groups is 1. The predicted molar refractivity (Wildman–Crippen MR) is 63.6 cm³/mol. The molecule has 0 aromatic heterocycles. The smallest absolute Gasteiger partial charge is 0.325 e. The van der Waals surface area contributed by atoms with Crippen LogP contribution in [0.3, 0.4) is 0 Å². The molecule has 2 atom stereocenters. The number of esters is 1. The molecule has 8 heteroatoms. The summed E-state index contributed by atoms with van der Waals surface area (Å²) in [4.78, 5) is 11.7. The number of rotatable bonds is 5. The molecular weight excluding hydrogens is 280 g/mol. The second kappa shape index (κ2) is 6.74. The molecule has 0 aromatic rings. The lowest BCUT2D eigenvalue weighted by Gasteiger charge is -2.32. The lowest BCUT2D eigenvalue weighted by Crippen LogP contribution is -2.54. The highest BCUT2D eigenvalue weighted by Crippen LogP contribution is 2.28. The van der Waals surface area contributed by atoms with Crippen molar-refractivity contribution in [2.45, 2.75) is 33.1 Å². The van der Waals surface area contributed by atoms with Crippen LogP contribution in [-0.4, -0.2) is 29.9 Å². The van der Waals surface area contributed by atoms with Gasteiger partial charge >= 0.3 is 5.97 Å². The van der Waals surface area contributed by atoms with E-state index >= 15 is 0 Å². The van der Waals surface area contributed by atoms with Crippen LogP contribution >= 0.6 is 0 Å². The monoisotopic (exact) mass is 296 g/mol. The zero-order chi connectivity index (χ0) is 15.4. The summed E-state index contributed by atoms with van der Waals surface area (Å²) in [7, 11) is 0. The first-order chi connectivity index (χ1) is 9.29. The van der Waals surface area contributed by atoms with Gasteiger partial charge in [-0.2, -0.15) is 4.39 Å². The number of hydrogen-bond acceptors (Lipinski definition) is 4. The molecule has 0 saturated heterocycles. The minimum absolute atomic E-state index is 0.00620. The summed E-state index contributed by atoms with van der Waals surface area (Å²) >= 11 is 0. The number of hydrogen-bond donors (Lipinski definition) is 1. The molecule has 1 aliphatic heterocycles. The maximum atomic E-state index is 13.6. The molecule has 20 heavy (non-hydrogen) atoms. The normalized spacial score (nSPS) is 21.1.